The van der Waals surface area contributed by atoms with E-state index in [1.807, 2.05) is 24.3 Å². The number of rotatable bonds is 7. The number of carbonyl (C=O) groups is 4. The SMILES string of the molecule is CC(C)(C)OC(=O)N[C@H]1CCCCC/C=C\[C@@H]2C[C@@]2(C(=O)NS(=O)(=O)C2CC2)NC(=O)[C@@H]2C[C@@H](SOc3c4cc(F)ccc4nc4c5c(oc34)C=CCC5)CN2C1=O. The molecule has 2 aliphatic heterocycles. The van der Waals surface area contributed by atoms with Gasteiger partial charge in [0.2, 0.25) is 21.8 Å². The summed E-state index contributed by atoms with van der Waals surface area (Å²) in [6, 6.07) is 2.08. The number of aromatic nitrogens is 1. The molecule has 58 heavy (non-hydrogen) atoms. The molecule has 2 saturated carbocycles. The summed E-state index contributed by atoms with van der Waals surface area (Å²) < 4.78 is 60.9. The average molecular weight is 838 g/mol. The molecule has 14 nitrogen and oxygen atoms in total. The number of carbonyl (C=O) groups excluding carboxylic acids is 4. The van der Waals surface area contributed by atoms with Gasteiger partial charge in [0, 0.05) is 18.0 Å². The summed E-state index contributed by atoms with van der Waals surface area (Å²) in [7, 11) is -3.92. The third kappa shape index (κ3) is 8.29. The lowest BCUT2D eigenvalue weighted by molar-refractivity contribution is -0.141. The maximum Gasteiger partial charge on any atom is 0.408 e. The van der Waals surface area contributed by atoms with Gasteiger partial charge in [0.1, 0.15) is 40.3 Å². The van der Waals surface area contributed by atoms with Gasteiger partial charge in [0.05, 0.1) is 33.4 Å². The Morgan fingerprint density at radius 2 is 1.91 bits per heavy atom. The van der Waals surface area contributed by atoms with Crippen molar-refractivity contribution >= 4 is 74.0 Å². The summed E-state index contributed by atoms with van der Waals surface area (Å²) in [5.41, 5.74) is 0.0386. The van der Waals surface area contributed by atoms with Crippen molar-refractivity contribution in [2.45, 2.75) is 125 Å². The Morgan fingerprint density at radius 3 is 2.69 bits per heavy atom. The van der Waals surface area contributed by atoms with Crippen LogP contribution in [0.1, 0.15) is 96.3 Å². The van der Waals surface area contributed by atoms with Gasteiger partial charge in [0.25, 0.3) is 5.91 Å². The second-order valence-electron chi connectivity index (χ2n) is 16.9. The van der Waals surface area contributed by atoms with Crippen LogP contribution in [0.15, 0.2) is 40.8 Å². The number of allylic oxidation sites excluding steroid dienone is 2. The lowest BCUT2D eigenvalue weighted by atomic mass is 10.0. The monoisotopic (exact) mass is 837 g/mol. The Morgan fingerprint density at radius 1 is 1.10 bits per heavy atom. The summed E-state index contributed by atoms with van der Waals surface area (Å²) in [6.07, 6.45) is 12.7. The fourth-order valence-corrected chi connectivity index (χ4v) is 10.3. The number of ether oxygens (including phenoxy) is 1. The van der Waals surface area contributed by atoms with Crippen LogP contribution in [-0.2, 0) is 35.6 Å². The van der Waals surface area contributed by atoms with E-state index in [1.165, 1.54) is 17.0 Å². The highest BCUT2D eigenvalue weighted by Gasteiger charge is 2.62. The van der Waals surface area contributed by atoms with Gasteiger partial charge in [-0.1, -0.05) is 31.1 Å². The number of sulfonamides is 1. The summed E-state index contributed by atoms with van der Waals surface area (Å²) in [5, 5.41) is 4.85. The van der Waals surface area contributed by atoms with Gasteiger partial charge in [-0.2, -0.15) is 0 Å². The normalized spacial score (nSPS) is 27.1. The van der Waals surface area contributed by atoms with Crippen molar-refractivity contribution in [1.82, 2.24) is 25.2 Å². The first-order chi connectivity index (χ1) is 27.6. The molecule has 310 valence electrons. The van der Waals surface area contributed by atoms with E-state index in [0.717, 1.165) is 36.9 Å². The minimum atomic E-state index is -3.92. The number of hydrogen-bond donors (Lipinski definition) is 3. The molecular weight excluding hydrogens is 790 g/mol. The van der Waals surface area contributed by atoms with Gasteiger partial charge in [-0.25, -0.2) is 22.6 Å². The highest BCUT2D eigenvalue weighted by Crippen LogP contribution is 2.47. The first-order valence-corrected chi connectivity index (χ1v) is 22.4. The van der Waals surface area contributed by atoms with Crippen LogP contribution >= 0.6 is 12.0 Å². The molecule has 0 spiro atoms. The molecule has 0 bridgehead atoms. The quantitative estimate of drug-likeness (QED) is 0.188. The molecule has 3 aliphatic carbocycles. The van der Waals surface area contributed by atoms with E-state index in [0.29, 0.717) is 66.3 Å². The van der Waals surface area contributed by atoms with Crippen LogP contribution in [-0.4, -0.2) is 82.4 Å². The van der Waals surface area contributed by atoms with Gasteiger partial charge in [0.15, 0.2) is 11.3 Å². The van der Waals surface area contributed by atoms with Crippen molar-refractivity contribution < 1.29 is 45.3 Å². The summed E-state index contributed by atoms with van der Waals surface area (Å²) in [4.78, 5) is 62.1. The Bertz CT molecular complexity index is 2340. The van der Waals surface area contributed by atoms with Crippen LogP contribution in [0.3, 0.4) is 0 Å². The van der Waals surface area contributed by atoms with Crippen molar-refractivity contribution in [3.05, 3.63) is 53.6 Å². The number of fused-ring (bicyclic) bond motifs is 6. The molecule has 1 aromatic carbocycles. The van der Waals surface area contributed by atoms with Crippen molar-refractivity contribution in [2.24, 2.45) is 5.92 Å². The second kappa shape index (κ2) is 15.5. The topological polar surface area (TPSA) is 186 Å². The Hall–Kier alpha value is -4.64. The molecule has 1 saturated heterocycles. The molecule has 8 rings (SSSR count). The number of alkyl carbamates (subject to hydrolysis) is 1. The largest absolute Gasteiger partial charge is 0.451 e. The van der Waals surface area contributed by atoms with Crippen molar-refractivity contribution in [2.75, 3.05) is 6.54 Å². The molecular formula is C41H48FN5O9S2. The minimum absolute atomic E-state index is 0.0184. The summed E-state index contributed by atoms with van der Waals surface area (Å²) >= 11 is 1.00. The third-order valence-electron chi connectivity index (χ3n) is 11.3. The van der Waals surface area contributed by atoms with E-state index in [1.54, 1.807) is 26.8 Å². The average Bonchev–Trinajstić information content (AvgIpc) is 4.06. The van der Waals surface area contributed by atoms with E-state index < -0.39 is 79.3 Å². The van der Waals surface area contributed by atoms with Crippen molar-refractivity contribution in [3.63, 3.8) is 0 Å². The van der Waals surface area contributed by atoms with Crippen LogP contribution in [0.5, 0.6) is 5.75 Å². The molecule has 2 aromatic heterocycles. The number of aryl methyl sites for hydroxylation is 1. The number of benzene rings is 1. The van der Waals surface area contributed by atoms with Gasteiger partial charge >= 0.3 is 6.09 Å². The minimum Gasteiger partial charge on any atom is -0.451 e. The first-order valence-electron chi connectivity index (χ1n) is 20.0. The van der Waals surface area contributed by atoms with E-state index in [9.17, 15) is 32.0 Å². The van der Waals surface area contributed by atoms with Gasteiger partial charge in [-0.05, 0) is 103 Å². The molecule has 0 unspecified atom stereocenters. The first kappa shape index (κ1) is 40.2. The number of furan rings is 1. The molecule has 3 aromatic rings. The Kier molecular flexibility index (Phi) is 10.7. The Labute approximate surface area is 340 Å². The molecule has 4 amide bonds. The smallest absolute Gasteiger partial charge is 0.408 e. The van der Waals surface area contributed by atoms with Crippen molar-refractivity contribution in [3.8, 4) is 5.75 Å². The number of pyridine rings is 1. The number of halogens is 1. The van der Waals surface area contributed by atoms with Gasteiger partial charge < -0.3 is 28.9 Å². The maximum absolute atomic E-state index is 14.7. The lowest BCUT2D eigenvalue weighted by Crippen LogP contribution is -2.58. The van der Waals surface area contributed by atoms with E-state index in [4.69, 9.17) is 18.3 Å². The molecule has 0 radical (unpaired) electrons. The maximum atomic E-state index is 14.7. The molecule has 3 fully saturated rings. The second-order valence-corrected chi connectivity index (χ2v) is 19.9. The van der Waals surface area contributed by atoms with Gasteiger partial charge in [-0.15, -0.1) is 0 Å². The third-order valence-corrected chi connectivity index (χ3v) is 14.0. The molecule has 3 N–H and O–H groups in total. The number of amides is 4. The fourth-order valence-electron chi connectivity index (χ4n) is 8.05. The molecule has 5 atom stereocenters. The van der Waals surface area contributed by atoms with Crippen LogP contribution in [0, 0.1) is 11.7 Å². The van der Waals surface area contributed by atoms with E-state index >= 15 is 0 Å². The van der Waals surface area contributed by atoms with Gasteiger partial charge in [-0.3, -0.25) is 19.1 Å². The van der Waals surface area contributed by atoms with Crippen molar-refractivity contribution in [1.29, 1.82) is 0 Å². The number of hydrogen-bond acceptors (Lipinski definition) is 11. The zero-order chi connectivity index (χ0) is 41.0. The van der Waals surface area contributed by atoms with E-state index in [-0.39, 0.29) is 25.1 Å². The predicted octanol–water partition coefficient (Wildman–Crippen LogP) is 5.97. The number of nitrogens with zero attached hydrogens (tertiary/aromatic N) is 2. The molecule has 5 aliphatic rings. The summed E-state index contributed by atoms with van der Waals surface area (Å²) in [5.74, 6) is -1.99. The fraction of sp³-hybridized carbons (Fsp3) is 0.537. The van der Waals surface area contributed by atoms with Crippen LogP contribution in [0.4, 0.5) is 9.18 Å². The summed E-state index contributed by atoms with van der Waals surface area (Å²) in [6.45, 7) is 5.18. The van der Waals surface area contributed by atoms with Crippen LogP contribution in [0.2, 0.25) is 0 Å². The zero-order valence-corrected chi connectivity index (χ0v) is 34.3. The molecule has 17 heteroatoms. The predicted molar refractivity (Wildman–Crippen MR) is 215 cm³/mol. The highest BCUT2D eigenvalue weighted by molar-refractivity contribution is 7.95. The molecule has 4 heterocycles. The van der Waals surface area contributed by atoms with Crippen LogP contribution in [0.25, 0.3) is 28.1 Å². The highest BCUT2D eigenvalue weighted by atomic mass is 32.2. The van der Waals surface area contributed by atoms with E-state index in [2.05, 4.69) is 15.4 Å². The Balaban J connectivity index is 1.11. The standard InChI is InChI=1S/C41H48FN5O9S2/c1-40(2,3)55-39(51)44-30-13-8-6-4-5-7-11-23-21-41(23,38(50)46-58(52,53)26-16-17-26)45-36(48)31-20-25(22-47(31)37(30)49)57-56-34-28-19-24(42)15-18-29(28)43-33-27-12-9-10-14-32(27)54-35(33)34/h7,10-11,14-15,18-19,23,25-26,30-31H,4-6,8-9,12-13,16-17,20-22H2,1-3H3,(H,44,51)(H,45,48)(H,46,50)/b11-7-/t23-,25-,30+,31+,41-/m1/s1. The lowest BCUT2D eigenvalue weighted by Gasteiger charge is -2.30. The zero-order valence-electron chi connectivity index (χ0n) is 32.7. The van der Waals surface area contributed by atoms with Crippen LogP contribution < -0.4 is 19.5 Å². The number of nitrogens with one attached hydrogen (secondary N) is 3.